The maximum absolute atomic E-state index is 12.4. The zero-order valence-corrected chi connectivity index (χ0v) is 14.7. The summed E-state index contributed by atoms with van der Waals surface area (Å²) in [7, 11) is 0. The number of nitrogens with one attached hydrogen (secondary N) is 2. The largest absolute Gasteiger partial charge is 0.454 e. The third-order valence-corrected chi connectivity index (χ3v) is 4.32. The van der Waals surface area contributed by atoms with E-state index < -0.39 is 6.03 Å². The molecule has 2 heterocycles. The molecule has 138 valence electrons. The highest BCUT2D eigenvalue weighted by molar-refractivity contribution is 6.22. The standard InChI is InChI=1S/C19H17N3O5/c1-10(2)22-17(23)13-5-3-11(7-14(13)18(22)24)20-19(25)21-12-4-6-15-16(8-12)27-9-26-15/h3-8,10H,9H2,1-2H3,(H2,20,21,25). The minimum atomic E-state index is -0.480. The number of carbonyl (C=O) groups excluding carboxylic acids is 3. The van der Waals surface area contributed by atoms with Crippen molar-refractivity contribution in [3.63, 3.8) is 0 Å². The van der Waals surface area contributed by atoms with Gasteiger partial charge in [-0.05, 0) is 44.2 Å². The van der Waals surface area contributed by atoms with Crippen molar-refractivity contribution in [2.24, 2.45) is 0 Å². The molecule has 0 aliphatic carbocycles. The molecule has 4 amide bonds. The number of rotatable bonds is 3. The molecule has 0 unspecified atom stereocenters. The Kier molecular flexibility index (Phi) is 3.95. The van der Waals surface area contributed by atoms with Gasteiger partial charge in [0.25, 0.3) is 11.8 Å². The van der Waals surface area contributed by atoms with Gasteiger partial charge in [0.2, 0.25) is 6.79 Å². The van der Waals surface area contributed by atoms with Crippen molar-refractivity contribution >= 4 is 29.2 Å². The maximum atomic E-state index is 12.4. The van der Waals surface area contributed by atoms with Crippen molar-refractivity contribution in [3.05, 3.63) is 47.5 Å². The third-order valence-electron chi connectivity index (χ3n) is 4.32. The summed E-state index contributed by atoms with van der Waals surface area (Å²) in [6, 6.07) is 9.00. The summed E-state index contributed by atoms with van der Waals surface area (Å²) in [6.07, 6.45) is 0. The fraction of sp³-hybridized carbons (Fsp3) is 0.211. The Bertz CT molecular complexity index is 970. The van der Waals surface area contributed by atoms with Crippen LogP contribution in [0.5, 0.6) is 11.5 Å². The summed E-state index contributed by atoms with van der Waals surface area (Å²) < 4.78 is 10.5. The van der Waals surface area contributed by atoms with Gasteiger partial charge in [0.05, 0.1) is 11.1 Å². The number of hydrogen-bond acceptors (Lipinski definition) is 5. The van der Waals surface area contributed by atoms with Crippen LogP contribution in [0.25, 0.3) is 0 Å². The van der Waals surface area contributed by atoms with Gasteiger partial charge in [-0.3, -0.25) is 14.5 Å². The van der Waals surface area contributed by atoms with Crippen molar-refractivity contribution in [2.75, 3.05) is 17.4 Å². The van der Waals surface area contributed by atoms with Crippen LogP contribution in [0.1, 0.15) is 34.6 Å². The number of benzene rings is 2. The molecule has 8 nitrogen and oxygen atoms in total. The van der Waals surface area contributed by atoms with E-state index in [0.717, 1.165) is 0 Å². The third kappa shape index (κ3) is 2.95. The van der Waals surface area contributed by atoms with E-state index >= 15 is 0 Å². The van der Waals surface area contributed by atoms with Crippen LogP contribution in [-0.4, -0.2) is 35.6 Å². The van der Waals surface area contributed by atoms with Crippen LogP contribution in [0.3, 0.4) is 0 Å². The molecular formula is C19H17N3O5. The number of fused-ring (bicyclic) bond motifs is 2. The summed E-state index contributed by atoms with van der Waals surface area (Å²) in [5, 5.41) is 5.35. The first-order valence-corrected chi connectivity index (χ1v) is 8.43. The van der Waals surface area contributed by atoms with Crippen LogP contribution >= 0.6 is 0 Å². The second-order valence-corrected chi connectivity index (χ2v) is 6.48. The molecule has 0 atom stereocenters. The molecule has 0 saturated carbocycles. The zero-order valence-electron chi connectivity index (χ0n) is 14.7. The lowest BCUT2D eigenvalue weighted by Crippen LogP contribution is -2.35. The van der Waals surface area contributed by atoms with Gasteiger partial charge in [-0.25, -0.2) is 4.79 Å². The van der Waals surface area contributed by atoms with Gasteiger partial charge in [0.1, 0.15) is 0 Å². The predicted molar refractivity (Wildman–Crippen MR) is 97.3 cm³/mol. The summed E-state index contributed by atoms with van der Waals surface area (Å²) in [6.45, 7) is 3.71. The number of ether oxygens (including phenoxy) is 2. The number of anilines is 2. The van der Waals surface area contributed by atoms with Crippen LogP contribution in [0, 0.1) is 0 Å². The van der Waals surface area contributed by atoms with Gasteiger partial charge in [-0.2, -0.15) is 0 Å². The Morgan fingerprint density at radius 1 is 0.926 bits per heavy atom. The molecule has 0 aromatic heterocycles. The summed E-state index contributed by atoms with van der Waals surface area (Å²) in [4.78, 5) is 38.2. The van der Waals surface area contributed by atoms with Gasteiger partial charge in [0, 0.05) is 23.5 Å². The molecule has 0 spiro atoms. The highest BCUT2D eigenvalue weighted by Gasteiger charge is 2.37. The highest BCUT2D eigenvalue weighted by atomic mass is 16.7. The van der Waals surface area contributed by atoms with Crippen LogP contribution in [0.15, 0.2) is 36.4 Å². The van der Waals surface area contributed by atoms with E-state index in [1.54, 1.807) is 44.2 Å². The lowest BCUT2D eigenvalue weighted by Gasteiger charge is -2.17. The molecule has 2 aliphatic rings. The molecule has 0 saturated heterocycles. The molecule has 2 aromatic rings. The Morgan fingerprint density at radius 2 is 1.56 bits per heavy atom. The van der Waals surface area contributed by atoms with Crippen LogP contribution in [0.2, 0.25) is 0 Å². The van der Waals surface area contributed by atoms with Crippen molar-refractivity contribution in [1.82, 2.24) is 4.90 Å². The van der Waals surface area contributed by atoms with Gasteiger partial charge in [-0.15, -0.1) is 0 Å². The topological polar surface area (TPSA) is 97.0 Å². The average Bonchev–Trinajstić information content (AvgIpc) is 3.17. The van der Waals surface area contributed by atoms with Crippen molar-refractivity contribution in [1.29, 1.82) is 0 Å². The molecule has 0 radical (unpaired) electrons. The first kappa shape index (κ1) is 16.9. The second-order valence-electron chi connectivity index (χ2n) is 6.48. The molecule has 0 fully saturated rings. The zero-order chi connectivity index (χ0) is 19.1. The predicted octanol–water partition coefficient (Wildman–Crippen LogP) is 3.06. The molecule has 2 aromatic carbocycles. The normalized spacial score (nSPS) is 14.6. The minimum Gasteiger partial charge on any atom is -0.454 e. The monoisotopic (exact) mass is 367 g/mol. The molecule has 2 N–H and O–H groups in total. The molecule has 2 aliphatic heterocycles. The lowest BCUT2D eigenvalue weighted by molar-refractivity contribution is 0.0609. The Morgan fingerprint density at radius 3 is 2.30 bits per heavy atom. The average molecular weight is 367 g/mol. The van der Waals surface area contributed by atoms with Crippen LogP contribution in [-0.2, 0) is 0 Å². The SMILES string of the molecule is CC(C)N1C(=O)c2ccc(NC(=O)Nc3ccc4c(c3)OCO4)cc2C1=O. The molecule has 8 heteroatoms. The fourth-order valence-electron chi connectivity index (χ4n) is 3.07. The van der Waals surface area contributed by atoms with Gasteiger partial charge in [0.15, 0.2) is 11.5 Å². The highest BCUT2D eigenvalue weighted by Crippen LogP contribution is 2.34. The summed E-state index contributed by atoms with van der Waals surface area (Å²) >= 11 is 0. The molecule has 4 rings (SSSR count). The van der Waals surface area contributed by atoms with E-state index in [1.165, 1.54) is 11.0 Å². The number of hydrogen-bond donors (Lipinski definition) is 2. The van der Waals surface area contributed by atoms with E-state index in [1.807, 2.05) is 0 Å². The molecule has 0 bridgehead atoms. The molecular weight excluding hydrogens is 350 g/mol. The number of nitrogens with zero attached hydrogens (tertiary/aromatic N) is 1. The quantitative estimate of drug-likeness (QED) is 0.813. The van der Waals surface area contributed by atoms with Gasteiger partial charge < -0.3 is 20.1 Å². The number of amides is 4. The summed E-state index contributed by atoms with van der Waals surface area (Å²) in [5.74, 6) is 0.506. The van der Waals surface area contributed by atoms with Gasteiger partial charge >= 0.3 is 6.03 Å². The van der Waals surface area contributed by atoms with Crippen molar-refractivity contribution < 1.29 is 23.9 Å². The van der Waals surface area contributed by atoms with Crippen molar-refractivity contribution in [2.45, 2.75) is 19.9 Å². The number of carbonyl (C=O) groups is 3. The van der Waals surface area contributed by atoms with E-state index in [2.05, 4.69) is 10.6 Å². The van der Waals surface area contributed by atoms with E-state index in [9.17, 15) is 14.4 Å². The molecule has 27 heavy (non-hydrogen) atoms. The number of imide groups is 1. The Labute approximate surface area is 155 Å². The van der Waals surface area contributed by atoms with Gasteiger partial charge in [-0.1, -0.05) is 0 Å². The number of urea groups is 1. The van der Waals surface area contributed by atoms with Crippen LogP contribution in [0.4, 0.5) is 16.2 Å². The first-order chi connectivity index (χ1) is 12.9. The smallest absolute Gasteiger partial charge is 0.323 e. The Hall–Kier alpha value is -3.55. The fourth-order valence-corrected chi connectivity index (χ4v) is 3.07. The Balaban J connectivity index is 1.49. The van der Waals surface area contributed by atoms with Crippen LogP contribution < -0.4 is 20.1 Å². The lowest BCUT2D eigenvalue weighted by atomic mass is 10.1. The van der Waals surface area contributed by atoms with Crippen molar-refractivity contribution in [3.8, 4) is 11.5 Å². The first-order valence-electron chi connectivity index (χ1n) is 8.43. The van der Waals surface area contributed by atoms with E-state index in [0.29, 0.717) is 28.4 Å². The van der Waals surface area contributed by atoms with E-state index in [4.69, 9.17) is 9.47 Å². The minimum absolute atomic E-state index is 0.153. The summed E-state index contributed by atoms with van der Waals surface area (Å²) in [5.41, 5.74) is 1.58. The second kappa shape index (κ2) is 6.31. The maximum Gasteiger partial charge on any atom is 0.323 e. The van der Waals surface area contributed by atoms with E-state index in [-0.39, 0.29) is 30.2 Å².